The first-order chi connectivity index (χ1) is 8.56. The molecule has 0 saturated carbocycles. The molecule has 0 aliphatic rings. The van der Waals surface area contributed by atoms with Gasteiger partial charge in [0, 0.05) is 33.9 Å². The maximum atomic E-state index is 11.0. The highest BCUT2D eigenvalue weighted by Gasteiger charge is 2.09. The van der Waals surface area contributed by atoms with E-state index < -0.39 is 5.97 Å². The van der Waals surface area contributed by atoms with Crippen molar-refractivity contribution in [3.8, 4) is 0 Å². The molecule has 0 fully saturated rings. The minimum Gasteiger partial charge on any atom is -0.478 e. The maximum absolute atomic E-state index is 11.0. The van der Waals surface area contributed by atoms with E-state index in [1.54, 1.807) is 28.6 Å². The molecule has 2 aromatic rings. The van der Waals surface area contributed by atoms with Gasteiger partial charge in [-0.15, -0.1) is 11.8 Å². The SMILES string of the molecule is Cn1cc(CSc2ccc(Br)c(C(=O)O)c2)cn1. The quantitative estimate of drug-likeness (QED) is 0.877. The summed E-state index contributed by atoms with van der Waals surface area (Å²) in [6.45, 7) is 0. The van der Waals surface area contributed by atoms with Gasteiger partial charge in [0.25, 0.3) is 0 Å². The van der Waals surface area contributed by atoms with Crippen molar-refractivity contribution >= 4 is 33.7 Å². The second-order valence-corrected chi connectivity index (χ2v) is 5.66. The van der Waals surface area contributed by atoms with Gasteiger partial charge in [-0.2, -0.15) is 5.10 Å². The number of nitrogens with zero attached hydrogens (tertiary/aromatic N) is 2. The van der Waals surface area contributed by atoms with E-state index in [9.17, 15) is 4.79 Å². The van der Waals surface area contributed by atoms with Gasteiger partial charge in [0.1, 0.15) is 0 Å². The van der Waals surface area contributed by atoms with Gasteiger partial charge in [0.05, 0.1) is 11.8 Å². The molecule has 1 aromatic carbocycles. The molecule has 1 heterocycles. The van der Waals surface area contributed by atoms with Crippen LogP contribution in [0.5, 0.6) is 0 Å². The van der Waals surface area contributed by atoms with Crippen LogP contribution in [0.3, 0.4) is 0 Å². The highest BCUT2D eigenvalue weighted by atomic mass is 79.9. The van der Waals surface area contributed by atoms with E-state index in [4.69, 9.17) is 5.11 Å². The molecule has 0 amide bonds. The Morgan fingerprint density at radius 3 is 2.94 bits per heavy atom. The monoisotopic (exact) mass is 326 g/mol. The number of benzene rings is 1. The molecule has 1 N–H and O–H groups in total. The number of aromatic carboxylic acids is 1. The standard InChI is InChI=1S/C12H11BrN2O2S/c1-15-6-8(5-14-15)7-18-9-2-3-11(13)10(4-9)12(16)17/h2-6H,7H2,1H3,(H,16,17). The largest absolute Gasteiger partial charge is 0.478 e. The Bertz CT molecular complexity index is 583. The number of hydrogen-bond donors (Lipinski definition) is 1. The summed E-state index contributed by atoms with van der Waals surface area (Å²) < 4.78 is 2.35. The fourth-order valence-electron chi connectivity index (χ4n) is 1.47. The minimum absolute atomic E-state index is 0.284. The third kappa shape index (κ3) is 3.14. The topological polar surface area (TPSA) is 55.1 Å². The third-order valence-electron chi connectivity index (χ3n) is 2.33. The van der Waals surface area contributed by atoms with Crippen LogP contribution in [-0.4, -0.2) is 20.9 Å². The van der Waals surface area contributed by atoms with Gasteiger partial charge in [-0.05, 0) is 34.1 Å². The Kier molecular flexibility index (Phi) is 4.08. The van der Waals surface area contributed by atoms with Crippen LogP contribution in [0.2, 0.25) is 0 Å². The predicted molar refractivity (Wildman–Crippen MR) is 73.9 cm³/mol. The summed E-state index contributed by atoms with van der Waals surface area (Å²) in [5, 5.41) is 13.1. The zero-order chi connectivity index (χ0) is 13.1. The van der Waals surface area contributed by atoms with E-state index >= 15 is 0 Å². The number of carbonyl (C=O) groups is 1. The van der Waals surface area contributed by atoms with E-state index in [-0.39, 0.29) is 5.56 Å². The van der Waals surface area contributed by atoms with Crippen molar-refractivity contribution < 1.29 is 9.90 Å². The van der Waals surface area contributed by atoms with Crippen LogP contribution in [0.25, 0.3) is 0 Å². The first kappa shape index (κ1) is 13.2. The van der Waals surface area contributed by atoms with Crippen molar-refractivity contribution in [3.05, 3.63) is 46.2 Å². The first-order valence-corrected chi connectivity index (χ1v) is 6.97. The second kappa shape index (κ2) is 5.58. The normalized spacial score (nSPS) is 10.6. The Hall–Kier alpha value is -1.27. The number of aryl methyl sites for hydroxylation is 1. The van der Waals surface area contributed by atoms with Crippen LogP contribution in [-0.2, 0) is 12.8 Å². The van der Waals surface area contributed by atoms with Crippen LogP contribution >= 0.6 is 27.7 Å². The second-order valence-electron chi connectivity index (χ2n) is 3.76. The zero-order valence-electron chi connectivity index (χ0n) is 9.63. The lowest BCUT2D eigenvalue weighted by atomic mass is 10.2. The Balaban J connectivity index is 2.10. The number of rotatable bonds is 4. The molecule has 4 nitrogen and oxygen atoms in total. The molecule has 18 heavy (non-hydrogen) atoms. The molecule has 0 aliphatic heterocycles. The zero-order valence-corrected chi connectivity index (χ0v) is 12.0. The van der Waals surface area contributed by atoms with Gasteiger partial charge < -0.3 is 5.11 Å². The van der Waals surface area contributed by atoms with Crippen LogP contribution in [0.4, 0.5) is 0 Å². The van der Waals surface area contributed by atoms with E-state index in [1.807, 2.05) is 25.5 Å². The fraction of sp³-hybridized carbons (Fsp3) is 0.167. The van der Waals surface area contributed by atoms with E-state index in [1.165, 1.54) is 0 Å². The van der Waals surface area contributed by atoms with Crippen LogP contribution in [0, 0.1) is 0 Å². The van der Waals surface area contributed by atoms with Crippen molar-refractivity contribution in [2.24, 2.45) is 7.05 Å². The Morgan fingerprint density at radius 2 is 2.33 bits per heavy atom. The average molecular weight is 327 g/mol. The van der Waals surface area contributed by atoms with Crippen molar-refractivity contribution in [1.82, 2.24) is 9.78 Å². The highest BCUT2D eigenvalue weighted by molar-refractivity contribution is 9.10. The molecule has 0 saturated heterocycles. The van der Waals surface area contributed by atoms with Crippen molar-refractivity contribution in [2.45, 2.75) is 10.6 Å². The molecule has 0 atom stereocenters. The first-order valence-electron chi connectivity index (χ1n) is 5.19. The van der Waals surface area contributed by atoms with Crippen LogP contribution < -0.4 is 0 Å². The average Bonchev–Trinajstić information content (AvgIpc) is 2.74. The summed E-state index contributed by atoms with van der Waals surface area (Å²) in [5.41, 5.74) is 1.40. The molecule has 0 unspecified atom stereocenters. The molecule has 0 bridgehead atoms. The van der Waals surface area contributed by atoms with Gasteiger partial charge in [-0.25, -0.2) is 4.79 Å². The summed E-state index contributed by atoms with van der Waals surface area (Å²) in [5.74, 6) is -0.153. The number of halogens is 1. The van der Waals surface area contributed by atoms with E-state index in [2.05, 4.69) is 21.0 Å². The molecule has 0 spiro atoms. The number of carboxylic acids is 1. The maximum Gasteiger partial charge on any atom is 0.336 e. The number of hydrogen-bond acceptors (Lipinski definition) is 3. The fourth-order valence-corrected chi connectivity index (χ4v) is 2.74. The molecule has 0 aliphatic carbocycles. The highest BCUT2D eigenvalue weighted by Crippen LogP contribution is 2.27. The Labute approximate surface area is 117 Å². The lowest BCUT2D eigenvalue weighted by Gasteiger charge is -2.03. The van der Waals surface area contributed by atoms with Crippen molar-refractivity contribution in [1.29, 1.82) is 0 Å². The number of carboxylic acid groups (broad SMARTS) is 1. The smallest absolute Gasteiger partial charge is 0.336 e. The molecular formula is C12H11BrN2O2S. The van der Waals surface area contributed by atoms with Gasteiger partial charge in [0.15, 0.2) is 0 Å². The lowest BCUT2D eigenvalue weighted by Crippen LogP contribution is -1.97. The van der Waals surface area contributed by atoms with Crippen LogP contribution in [0.1, 0.15) is 15.9 Å². The van der Waals surface area contributed by atoms with Gasteiger partial charge in [-0.3, -0.25) is 4.68 Å². The van der Waals surface area contributed by atoms with Gasteiger partial charge >= 0.3 is 5.97 Å². The Morgan fingerprint density at radius 1 is 1.56 bits per heavy atom. The summed E-state index contributed by atoms with van der Waals surface area (Å²) in [7, 11) is 1.87. The predicted octanol–water partition coefficient (Wildman–Crippen LogP) is 3.17. The van der Waals surface area contributed by atoms with E-state index in [0.29, 0.717) is 4.47 Å². The lowest BCUT2D eigenvalue weighted by molar-refractivity contribution is 0.0695. The number of thioether (sulfide) groups is 1. The van der Waals surface area contributed by atoms with Crippen molar-refractivity contribution in [2.75, 3.05) is 0 Å². The molecule has 0 radical (unpaired) electrons. The molecule has 6 heteroatoms. The van der Waals surface area contributed by atoms with Gasteiger partial charge in [0.2, 0.25) is 0 Å². The molecule has 94 valence electrons. The van der Waals surface area contributed by atoms with Gasteiger partial charge in [-0.1, -0.05) is 0 Å². The summed E-state index contributed by atoms with van der Waals surface area (Å²) in [6, 6.07) is 5.33. The summed E-state index contributed by atoms with van der Waals surface area (Å²) in [6.07, 6.45) is 3.76. The van der Waals surface area contributed by atoms with Crippen molar-refractivity contribution in [3.63, 3.8) is 0 Å². The number of aromatic nitrogens is 2. The molecular weight excluding hydrogens is 316 g/mol. The summed E-state index contributed by atoms with van der Waals surface area (Å²) >= 11 is 4.82. The third-order valence-corrected chi connectivity index (χ3v) is 4.09. The summed E-state index contributed by atoms with van der Waals surface area (Å²) in [4.78, 5) is 11.9. The van der Waals surface area contributed by atoms with E-state index in [0.717, 1.165) is 16.2 Å². The minimum atomic E-state index is -0.925. The molecule has 1 aromatic heterocycles. The molecule has 2 rings (SSSR count). The van der Waals surface area contributed by atoms with Crippen LogP contribution in [0.15, 0.2) is 40.0 Å².